The van der Waals surface area contributed by atoms with Crippen LogP contribution >= 0.6 is 0 Å². The van der Waals surface area contributed by atoms with Crippen LogP contribution in [0.1, 0.15) is 17.2 Å². The maximum atomic E-state index is 14.0. The molecule has 0 radical (unpaired) electrons. The van der Waals surface area contributed by atoms with Gasteiger partial charge < -0.3 is 19.7 Å². The van der Waals surface area contributed by atoms with Gasteiger partial charge in [0.15, 0.2) is 11.5 Å². The van der Waals surface area contributed by atoms with E-state index in [1.165, 1.54) is 58.1 Å². The SMILES string of the molecule is O=C(Nc1ccc2c(c1)OCO2)C(c1ccc(F)cc1)N(Cc1ccc(F)cc1)C(=O)Cn1nnc2ccccc21. The molecule has 1 N–H and O–H groups in total. The van der Waals surface area contributed by atoms with Gasteiger partial charge in [-0.25, -0.2) is 13.5 Å². The van der Waals surface area contributed by atoms with Crippen molar-refractivity contribution in [2.75, 3.05) is 12.1 Å². The molecule has 1 aliphatic rings. The fraction of sp³-hybridized carbons (Fsp3) is 0.133. The largest absolute Gasteiger partial charge is 0.454 e. The zero-order valence-electron chi connectivity index (χ0n) is 21.5. The van der Waals surface area contributed by atoms with Crippen LogP contribution in [-0.2, 0) is 22.7 Å². The van der Waals surface area contributed by atoms with Crippen LogP contribution in [0.2, 0.25) is 0 Å². The first kappa shape index (κ1) is 25.9. The number of carbonyl (C=O) groups is 2. The Morgan fingerprint density at radius 3 is 2.39 bits per heavy atom. The maximum Gasteiger partial charge on any atom is 0.251 e. The van der Waals surface area contributed by atoms with E-state index in [0.29, 0.717) is 39.3 Å². The summed E-state index contributed by atoms with van der Waals surface area (Å²) in [6.07, 6.45) is 0. The highest BCUT2D eigenvalue weighted by Crippen LogP contribution is 2.35. The molecule has 0 saturated carbocycles. The van der Waals surface area contributed by atoms with Crippen LogP contribution in [0, 0.1) is 11.6 Å². The molecule has 1 aliphatic heterocycles. The lowest BCUT2D eigenvalue weighted by Crippen LogP contribution is -2.42. The van der Waals surface area contributed by atoms with Crippen molar-refractivity contribution in [3.63, 3.8) is 0 Å². The summed E-state index contributed by atoms with van der Waals surface area (Å²) >= 11 is 0. The summed E-state index contributed by atoms with van der Waals surface area (Å²) < 4.78 is 39.8. The van der Waals surface area contributed by atoms with Crippen LogP contribution < -0.4 is 14.8 Å². The lowest BCUT2D eigenvalue weighted by atomic mass is 10.0. The summed E-state index contributed by atoms with van der Waals surface area (Å²) in [5.74, 6) is -0.912. The number of aromatic nitrogens is 3. The van der Waals surface area contributed by atoms with Crippen molar-refractivity contribution < 1.29 is 27.8 Å². The molecule has 6 rings (SSSR count). The van der Waals surface area contributed by atoms with Gasteiger partial charge in [-0.3, -0.25) is 9.59 Å². The first-order valence-electron chi connectivity index (χ1n) is 12.7. The highest BCUT2D eigenvalue weighted by molar-refractivity contribution is 5.98. The van der Waals surface area contributed by atoms with Crippen molar-refractivity contribution in [3.8, 4) is 11.5 Å². The van der Waals surface area contributed by atoms with Crippen LogP contribution in [0.4, 0.5) is 14.5 Å². The van der Waals surface area contributed by atoms with E-state index in [1.807, 2.05) is 12.1 Å². The van der Waals surface area contributed by atoms with Gasteiger partial charge in [0.05, 0.1) is 5.52 Å². The second-order valence-electron chi connectivity index (χ2n) is 9.40. The molecule has 41 heavy (non-hydrogen) atoms. The quantitative estimate of drug-likeness (QED) is 0.294. The Labute approximate surface area is 232 Å². The maximum absolute atomic E-state index is 14.0. The van der Waals surface area contributed by atoms with E-state index in [1.54, 1.807) is 30.3 Å². The van der Waals surface area contributed by atoms with Gasteiger partial charge in [0.1, 0.15) is 29.7 Å². The minimum Gasteiger partial charge on any atom is -0.454 e. The van der Waals surface area contributed by atoms with Gasteiger partial charge >= 0.3 is 0 Å². The summed E-state index contributed by atoms with van der Waals surface area (Å²) in [5, 5.41) is 11.1. The molecule has 0 saturated heterocycles. The second kappa shape index (κ2) is 11.0. The summed E-state index contributed by atoms with van der Waals surface area (Å²) in [6, 6.07) is 21.9. The van der Waals surface area contributed by atoms with Crippen molar-refractivity contribution in [1.82, 2.24) is 19.9 Å². The summed E-state index contributed by atoms with van der Waals surface area (Å²) in [5.41, 5.74) is 2.64. The molecule has 5 aromatic rings. The molecule has 0 aliphatic carbocycles. The van der Waals surface area contributed by atoms with Crippen LogP contribution in [0.3, 0.4) is 0 Å². The first-order chi connectivity index (χ1) is 19.9. The molecular formula is C30H23F2N5O4. The zero-order chi connectivity index (χ0) is 28.3. The average molecular weight is 556 g/mol. The van der Waals surface area contributed by atoms with Crippen molar-refractivity contribution >= 4 is 28.5 Å². The average Bonchev–Trinajstić information content (AvgIpc) is 3.61. The van der Waals surface area contributed by atoms with Crippen molar-refractivity contribution in [2.24, 2.45) is 0 Å². The van der Waals surface area contributed by atoms with E-state index in [-0.39, 0.29) is 19.9 Å². The van der Waals surface area contributed by atoms with Gasteiger partial charge in [-0.05, 0) is 59.7 Å². The molecule has 4 aromatic carbocycles. The van der Waals surface area contributed by atoms with Gasteiger partial charge in [0.2, 0.25) is 12.7 Å². The third kappa shape index (κ3) is 5.55. The lowest BCUT2D eigenvalue weighted by Gasteiger charge is -2.31. The number of fused-ring (bicyclic) bond motifs is 2. The van der Waals surface area contributed by atoms with Crippen molar-refractivity contribution in [2.45, 2.75) is 19.1 Å². The van der Waals surface area contributed by atoms with E-state index in [2.05, 4.69) is 15.6 Å². The van der Waals surface area contributed by atoms with Crippen LogP contribution in [-0.4, -0.2) is 38.5 Å². The molecular weight excluding hydrogens is 532 g/mol. The fourth-order valence-electron chi connectivity index (χ4n) is 4.67. The van der Waals surface area contributed by atoms with Gasteiger partial charge in [0.25, 0.3) is 5.91 Å². The summed E-state index contributed by atoms with van der Waals surface area (Å²) in [6.45, 7) is -0.194. The van der Waals surface area contributed by atoms with E-state index in [4.69, 9.17) is 9.47 Å². The van der Waals surface area contributed by atoms with E-state index >= 15 is 0 Å². The number of para-hydroxylation sites is 1. The van der Waals surface area contributed by atoms with E-state index in [0.717, 1.165) is 0 Å². The predicted octanol–water partition coefficient (Wildman–Crippen LogP) is 4.85. The number of amides is 2. The van der Waals surface area contributed by atoms with E-state index < -0.39 is 29.5 Å². The molecule has 0 bridgehead atoms. The Hall–Kier alpha value is -5.32. The van der Waals surface area contributed by atoms with Crippen LogP contribution in [0.25, 0.3) is 11.0 Å². The Morgan fingerprint density at radius 1 is 0.902 bits per heavy atom. The molecule has 2 heterocycles. The van der Waals surface area contributed by atoms with Gasteiger partial charge in [-0.1, -0.05) is 41.6 Å². The number of ether oxygens (including phenoxy) is 2. The standard InChI is InChI=1S/C30H23F2N5O4/c31-21-9-5-19(6-10-21)16-36(28(38)17-37-25-4-2-1-3-24(25)34-35-37)29(20-7-11-22(32)12-8-20)30(39)33-23-13-14-26-27(15-23)41-18-40-26/h1-15,29H,16-18H2,(H,33,39). The third-order valence-corrected chi connectivity index (χ3v) is 6.68. The predicted molar refractivity (Wildman–Crippen MR) is 145 cm³/mol. The zero-order valence-corrected chi connectivity index (χ0v) is 21.5. The number of hydrogen-bond acceptors (Lipinski definition) is 6. The number of rotatable bonds is 8. The van der Waals surface area contributed by atoms with Gasteiger partial charge in [-0.2, -0.15) is 0 Å². The normalized spacial score (nSPS) is 12.7. The number of halogens is 2. The minimum atomic E-state index is -1.19. The Balaban J connectivity index is 1.38. The Morgan fingerprint density at radius 2 is 1.61 bits per heavy atom. The Bertz CT molecular complexity index is 1720. The topological polar surface area (TPSA) is 98.6 Å². The number of hydrogen-bond donors (Lipinski definition) is 1. The number of benzene rings is 4. The van der Waals surface area contributed by atoms with Crippen molar-refractivity contribution in [1.29, 1.82) is 0 Å². The highest BCUT2D eigenvalue weighted by Gasteiger charge is 2.33. The molecule has 1 atom stereocenters. The molecule has 206 valence electrons. The highest BCUT2D eigenvalue weighted by atomic mass is 19.1. The summed E-state index contributed by atoms with van der Waals surface area (Å²) in [7, 11) is 0. The number of nitrogens with one attached hydrogen (secondary N) is 1. The molecule has 0 fully saturated rings. The molecule has 11 heteroatoms. The fourth-order valence-corrected chi connectivity index (χ4v) is 4.67. The number of anilines is 1. The minimum absolute atomic E-state index is 0.0393. The monoisotopic (exact) mass is 555 g/mol. The summed E-state index contributed by atoms with van der Waals surface area (Å²) in [4.78, 5) is 29.3. The molecule has 9 nitrogen and oxygen atoms in total. The smallest absolute Gasteiger partial charge is 0.251 e. The van der Waals surface area contributed by atoms with Crippen LogP contribution in [0.5, 0.6) is 11.5 Å². The molecule has 0 spiro atoms. The van der Waals surface area contributed by atoms with Gasteiger partial charge in [0, 0.05) is 18.3 Å². The number of nitrogens with zero attached hydrogens (tertiary/aromatic N) is 4. The second-order valence-corrected chi connectivity index (χ2v) is 9.40. The molecule has 1 aromatic heterocycles. The van der Waals surface area contributed by atoms with Gasteiger partial charge in [-0.15, -0.1) is 5.10 Å². The lowest BCUT2D eigenvalue weighted by molar-refractivity contribution is -0.140. The first-order valence-corrected chi connectivity index (χ1v) is 12.7. The number of carbonyl (C=O) groups excluding carboxylic acids is 2. The van der Waals surface area contributed by atoms with E-state index in [9.17, 15) is 18.4 Å². The third-order valence-electron chi connectivity index (χ3n) is 6.68. The molecule has 1 unspecified atom stereocenters. The molecule has 2 amide bonds. The Kier molecular flexibility index (Phi) is 6.99. The van der Waals surface area contributed by atoms with Crippen molar-refractivity contribution in [3.05, 3.63) is 114 Å². The van der Waals surface area contributed by atoms with Crippen LogP contribution in [0.15, 0.2) is 91.0 Å².